The molecule has 4 nitrogen and oxygen atoms in total. The Morgan fingerprint density at radius 1 is 0.639 bits per heavy atom. The summed E-state index contributed by atoms with van der Waals surface area (Å²) in [6, 6.07) is 26.3. The smallest absolute Gasteiger partial charge is 0.185 e. The summed E-state index contributed by atoms with van der Waals surface area (Å²) in [6.07, 6.45) is 1.10. The summed E-state index contributed by atoms with van der Waals surface area (Å²) in [6.45, 7) is 17.4. The minimum Gasteiger partial charge on any atom is -0.399 e. The van der Waals surface area contributed by atoms with E-state index in [1.807, 2.05) is 12.1 Å². The zero-order chi connectivity index (χ0) is 26.6. The molecule has 2 unspecified atom stereocenters. The SMILES string of the molecule is C[C@]12[C@H](c3ccccc3)CC(C#N)(O[Si](C)(C)C)[C@@]1(C)[C@H](c1ccccc1)CC2(C#N)O[Si](C)(C)C. The van der Waals surface area contributed by atoms with Gasteiger partial charge < -0.3 is 8.85 Å². The Bertz CT molecular complexity index is 1100. The van der Waals surface area contributed by atoms with Crippen LogP contribution in [0.15, 0.2) is 60.7 Å². The van der Waals surface area contributed by atoms with Crippen LogP contribution < -0.4 is 0 Å². The molecule has 0 bridgehead atoms. The van der Waals surface area contributed by atoms with E-state index in [0.717, 1.165) is 11.1 Å². The first kappa shape index (κ1) is 26.8. The molecule has 0 aromatic heterocycles. The second-order valence-corrected chi connectivity index (χ2v) is 21.9. The molecule has 2 aliphatic rings. The highest BCUT2D eigenvalue weighted by molar-refractivity contribution is 6.70. The molecule has 0 aliphatic heterocycles. The summed E-state index contributed by atoms with van der Waals surface area (Å²) < 4.78 is 14.0. The topological polar surface area (TPSA) is 66.0 Å². The second-order valence-electron chi connectivity index (χ2n) is 13.0. The molecule has 190 valence electrons. The van der Waals surface area contributed by atoms with Crippen LogP contribution in [-0.2, 0) is 8.85 Å². The Balaban J connectivity index is 2.10. The van der Waals surface area contributed by atoms with Crippen LogP contribution in [0.4, 0.5) is 0 Å². The van der Waals surface area contributed by atoms with Crippen molar-refractivity contribution >= 4 is 16.6 Å². The number of hydrogen-bond donors (Lipinski definition) is 0. The standard InChI is InChI=1S/C30H40N2O2Si2/c1-27-25(23-15-11-9-12-16-23)19-30(22-32,34-36(6,7)8)28(27,2)26(24-17-13-10-14-18-24)20-29(27,21-31)33-35(3,4)5/h9-18,25-26H,19-20H2,1-8H3/t25-,26-,27-,28-,29?,30?/m0/s1. The van der Waals surface area contributed by atoms with Gasteiger partial charge in [0.05, 0.1) is 12.1 Å². The fourth-order valence-corrected chi connectivity index (χ4v) is 10.3. The van der Waals surface area contributed by atoms with Crippen molar-refractivity contribution < 1.29 is 8.85 Å². The summed E-state index contributed by atoms with van der Waals surface area (Å²) in [5.74, 6) is -0.131. The van der Waals surface area contributed by atoms with Crippen molar-refractivity contribution in [3.05, 3.63) is 71.8 Å². The lowest BCUT2D eigenvalue weighted by Gasteiger charge is -2.52. The van der Waals surface area contributed by atoms with E-state index >= 15 is 0 Å². The van der Waals surface area contributed by atoms with Gasteiger partial charge in [-0.3, -0.25) is 0 Å². The number of fused-ring (bicyclic) bond motifs is 1. The first-order valence-corrected chi connectivity index (χ1v) is 19.8. The van der Waals surface area contributed by atoms with E-state index in [1.165, 1.54) is 0 Å². The van der Waals surface area contributed by atoms with Gasteiger partial charge in [0.15, 0.2) is 27.8 Å². The van der Waals surface area contributed by atoms with Gasteiger partial charge in [-0.15, -0.1) is 0 Å². The van der Waals surface area contributed by atoms with Crippen LogP contribution in [0.3, 0.4) is 0 Å². The zero-order valence-corrected chi connectivity index (χ0v) is 25.1. The third-order valence-electron chi connectivity index (χ3n) is 8.86. The van der Waals surface area contributed by atoms with Crippen molar-refractivity contribution in [2.24, 2.45) is 10.8 Å². The molecule has 2 aromatic rings. The van der Waals surface area contributed by atoms with Crippen molar-refractivity contribution in [2.75, 3.05) is 0 Å². The summed E-state index contributed by atoms with van der Waals surface area (Å²) in [4.78, 5) is 0. The van der Waals surface area contributed by atoms with Gasteiger partial charge in [-0.2, -0.15) is 10.5 Å². The van der Waals surface area contributed by atoms with E-state index in [-0.39, 0.29) is 11.8 Å². The highest BCUT2D eigenvalue weighted by Crippen LogP contribution is 2.80. The van der Waals surface area contributed by atoms with E-state index in [4.69, 9.17) is 8.85 Å². The molecule has 0 saturated heterocycles. The van der Waals surface area contributed by atoms with E-state index < -0.39 is 38.7 Å². The summed E-state index contributed by atoms with van der Waals surface area (Å²) in [5, 5.41) is 22.1. The zero-order valence-electron chi connectivity index (χ0n) is 23.1. The predicted molar refractivity (Wildman–Crippen MR) is 149 cm³/mol. The summed E-state index contributed by atoms with van der Waals surface area (Å²) in [5.41, 5.74) is -1.12. The van der Waals surface area contributed by atoms with Crippen LogP contribution >= 0.6 is 0 Å². The van der Waals surface area contributed by atoms with Gasteiger partial charge in [-0.05, 0) is 75.1 Å². The first-order valence-electron chi connectivity index (χ1n) is 13.0. The maximum absolute atomic E-state index is 11.0. The lowest BCUT2D eigenvalue weighted by molar-refractivity contribution is -0.0810. The molecule has 2 aromatic carbocycles. The van der Waals surface area contributed by atoms with Gasteiger partial charge in [-0.1, -0.05) is 74.5 Å². The molecule has 0 radical (unpaired) electrons. The molecule has 2 fully saturated rings. The van der Waals surface area contributed by atoms with E-state index in [9.17, 15) is 10.5 Å². The number of benzene rings is 2. The quantitative estimate of drug-likeness (QED) is 0.371. The Morgan fingerprint density at radius 2 is 0.944 bits per heavy atom. The highest BCUT2D eigenvalue weighted by atomic mass is 28.4. The minimum absolute atomic E-state index is 0.0654. The Labute approximate surface area is 219 Å². The van der Waals surface area contributed by atoms with Crippen LogP contribution in [0.25, 0.3) is 0 Å². The Morgan fingerprint density at radius 3 is 1.19 bits per heavy atom. The lowest BCUT2D eigenvalue weighted by atomic mass is 9.55. The molecule has 4 rings (SSSR count). The average molecular weight is 517 g/mol. The van der Waals surface area contributed by atoms with Crippen LogP contribution in [0.5, 0.6) is 0 Å². The van der Waals surface area contributed by atoms with Gasteiger partial charge in [0.2, 0.25) is 0 Å². The number of nitrogens with zero attached hydrogens (tertiary/aromatic N) is 2. The van der Waals surface area contributed by atoms with Crippen molar-refractivity contribution in [3.63, 3.8) is 0 Å². The van der Waals surface area contributed by atoms with Crippen LogP contribution in [-0.4, -0.2) is 27.8 Å². The van der Waals surface area contributed by atoms with E-state index in [0.29, 0.717) is 12.8 Å². The normalized spacial score (nSPS) is 36.2. The summed E-state index contributed by atoms with van der Waals surface area (Å²) in [7, 11) is -4.31. The molecule has 2 aliphatic carbocycles. The van der Waals surface area contributed by atoms with Gasteiger partial charge in [0.1, 0.15) is 0 Å². The van der Waals surface area contributed by atoms with Gasteiger partial charge in [-0.25, -0.2) is 0 Å². The molecule has 0 amide bonds. The maximum atomic E-state index is 11.0. The van der Waals surface area contributed by atoms with Crippen molar-refractivity contribution in [1.29, 1.82) is 10.5 Å². The lowest BCUT2D eigenvalue weighted by Crippen LogP contribution is -2.59. The van der Waals surface area contributed by atoms with Crippen LogP contribution in [0.1, 0.15) is 49.7 Å². The number of nitriles is 2. The van der Waals surface area contributed by atoms with Crippen molar-refractivity contribution in [1.82, 2.24) is 0 Å². The van der Waals surface area contributed by atoms with E-state index in [1.54, 1.807) is 0 Å². The van der Waals surface area contributed by atoms with E-state index in [2.05, 4.69) is 114 Å². The maximum Gasteiger partial charge on any atom is 0.185 e. The summed E-state index contributed by atoms with van der Waals surface area (Å²) >= 11 is 0. The molecule has 6 atom stereocenters. The average Bonchev–Trinajstić information content (AvgIpc) is 3.14. The third kappa shape index (κ3) is 3.82. The molecule has 0 N–H and O–H groups in total. The molecule has 0 spiro atoms. The molecule has 2 saturated carbocycles. The minimum atomic E-state index is -2.16. The largest absolute Gasteiger partial charge is 0.399 e. The molecule has 0 heterocycles. The third-order valence-corrected chi connectivity index (χ3v) is 10.8. The monoisotopic (exact) mass is 516 g/mol. The number of hydrogen-bond acceptors (Lipinski definition) is 4. The highest BCUT2D eigenvalue weighted by Gasteiger charge is 2.82. The number of rotatable bonds is 6. The van der Waals surface area contributed by atoms with Crippen molar-refractivity contribution in [3.8, 4) is 12.1 Å². The Kier molecular flexibility index (Phi) is 6.46. The molecular formula is C30H40N2O2Si2. The fraction of sp³-hybridized carbons (Fsp3) is 0.533. The molecular weight excluding hydrogens is 477 g/mol. The van der Waals surface area contributed by atoms with Crippen LogP contribution in [0.2, 0.25) is 39.3 Å². The van der Waals surface area contributed by atoms with Gasteiger partial charge >= 0.3 is 0 Å². The first-order chi connectivity index (χ1) is 16.7. The van der Waals surface area contributed by atoms with Crippen molar-refractivity contribution in [2.45, 2.75) is 89.0 Å². The molecule has 36 heavy (non-hydrogen) atoms. The van der Waals surface area contributed by atoms with Gasteiger partial charge in [0.25, 0.3) is 0 Å². The van der Waals surface area contributed by atoms with Gasteiger partial charge in [0, 0.05) is 10.8 Å². The molecule has 6 heteroatoms. The Hall–Kier alpha value is -2.23. The second kappa shape index (κ2) is 8.67. The predicted octanol–water partition coefficient (Wildman–Crippen LogP) is 7.60. The fourth-order valence-electron chi connectivity index (χ4n) is 7.52. The van der Waals surface area contributed by atoms with Crippen LogP contribution in [0, 0.1) is 33.5 Å².